The van der Waals surface area contributed by atoms with Crippen LogP contribution in [0, 0.1) is 6.92 Å². The monoisotopic (exact) mass is 278 g/mol. The largest absolute Gasteiger partial charge is 0.271 e. The molecule has 0 unspecified atom stereocenters. The molecule has 2 aromatic rings. The predicted octanol–water partition coefficient (Wildman–Crippen LogP) is 3.47. The van der Waals surface area contributed by atoms with Crippen LogP contribution in [-0.2, 0) is 6.42 Å². The molecule has 2 aromatic carbocycles. The van der Waals surface area contributed by atoms with Gasteiger partial charge in [-0.1, -0.05) is 42.0 Å². The Morgan fingerprint density at radius 3 is 2.62 bits per heavy atom. The smallest absolute Gasteiger partial charge is 0.267 e. The Morgan fingerprint density at radius 1 is 1.05 bits per heavy atom. The summed E-state index contributed by atoms with van der Waals surface area (Å²) in [6.45, 7) is 2.00. The third kappa shape index (κ3) is 3.02. The summed E-state index contributed by atoms with van der Waals surface area (Å²) >= 11 is 0. The average molecular weight is 278 g/mol. The molecule has 1 aliphatic rings. The molecular weight excluding hydrogens is 260 g/mol. The van der Waals surface area contributed by atoms with Crippen molar-refractivity contribution in [2.45, 2.75) is 26.2 Å². The number of nitrogens with one attached hydrogen (secondary N) is 1. The van der Waals surface area contributed by atoms with Gasteiger partial charge in [0.15, 0.2) is 0 Å². The van der Waals surface area contributed by atoms with Crippen molar-refractivity contribution >= 4 is 11.6 Å². The Kier molecular flexibility index (Phi) is 3.82. The Balaban J connectivity index is 1.78. The number of hydrazone groups is 1. The molecule has 0 saturated heterocycles. The van der Waals surface area contributed by atoms with E-state index in [0.29, 0.717) is 5.56 Å². The van der Waals surface area contributed by atoms with Crippen molar-refractivity contribution in [3.63, 3.8) is 0 Å². The van der Waals surface area contributed by atoms with Crippen molar-refractivity contribution in [3.05, 3.63) is 70.8 Å². The van der Waals surface area contributed by atoms with Gasteiger partial charge in [-0.25, -0.2) is 5.43 Å². The number of hydrogen-bond donors (Lipinski definition) is 1. The second kappa shape index (κ2) is 5.92. The lowest BCUT2D eigenvalue weighted by molar-refractivity contribution is 0.0954. The molecule has 3 heteroatoms. The van der Waals surface area contributed by atoms with Crippen LogP contribution in [0.3, 0.4) is 0 Å². The highest BCUT2D eigenvalue weighted by molar-refractivity contribution is 6.04. The number of carbonyl (C=O) groups excluding carboxylic acids is 1. The fraction of sp³-hybridized carbons (Fsp3) is 0.222. The molecule has 0 heterocycles. The van der Waals surface area contributed by atoms with E-state index in [2.05, 4.69) is 22.7 Å². The number of aryl methyl sites for hydroxylation is 2. The number of amides is 1. The summed E-state index contributed by atoms with van der Waals surface area (Å²) in [7, 11) is 0. The second-order valence-electron chi connectivity index (χ2n) is 5.38. The summed E-state index contributed by atoms with van der Waals surface area (Å²) in [5.41, 5.74) is 7.89. The summed E-state index contributed by atoms with van der Waals surface area (Å²) in [4.78, 5) is 12.1. The SMILES string of the molecule is Cc1ccc(C(=O)NN=C2CCCc3ccccc32)cc1. The minimum Gasteiger partial charge on any atom is -0.267 e. The molecule has 0 aromatic heterocycles. The Hall–Kier alpha value is -2.42. The Labute approximate surface area is 124 Å². The van der Waals surface area contributed by atoms with E-state index in [4.69, 9.17) is 0 Å². The van der Waals surface area contributed by atoms with E-state index in [-0.39, 0.29) is 5.91 Å². The summed E-state index contributed by atoms with van der Waals surface area (Å²) in [6, 6.07) is 15.8. The van der Waals surface area contributed by atoms with Crippen LogP contribution in [0.4, 0.5) is 0 Å². The van der Waals surface area contributed by atoms with Gasteiger partial charge in [0.25, 0.3) is 5.91 Å². The van der Waals surface area contributed by atoms with Crippen LogP contribution in [0.25, 0.3) is 0 Å². The van der Waals surface area contributed by atoms with Crippen LogP contribution in [0.2, 0.25) is 0 Å². The summed E-state index contributed by atoms with van der Waals surface area (Å²) < 4.78 is 0. The average Bonchev–Trinajstić information content (AvgIpc) is 2.53. The van der Waals surface area contributed by atoms with Gasteiger partial charge in [0.1, 0.15) is 0 Å². The van der Waals surface area contributed by atoms with Crippen molar-refractivity contribution in [2.75, 3.05) is 0 Å². The van der Waals surface area contributed by atoms with Gasteiger partial charge in [-0.15, -0.1) is 0 Å². The summed E-state index contributed by atoms with van der Waals surface area (Å²) in [6.07, 6.45) is 3.07. The van der Waals surface area contributed by atoms with Gasteiger partial charge < -0.3 is 0 Å². The molecule has 1 amide bonds. The molecule has 0 saturated carbocycles. The molecule has 1 aliphatic carbocycles. The molecular formula is C18H18N2O. The highest BCUT2D eigenvalue weighted by Gasteiger charge is 2.15. The van der Waals surface area contributed by atoms with E-state index in [1.54, 1.807) is 0 Å². The lowest BCUT2D eigenvalue weighted by atomic mass is 9.90. The number of fused-ring (bicyclic) bond motifs is 1. The van der Waals surface area contributed by atoms with E-state index < -0.39 is 0 Å². The minimum absolute atomic E-state index is 0.162. The maximum Gasteiger partial charge on any atom is 0.271 e. The van der Waals surface area contributed by atoms with Crippen molar-refractivity contribution in [2.24, 2.45) is 5.10 Å². The van der Waals surface area contributed by atoms with E-state index in [1.807, 2.05) is 43.3 Å². The summed E-state index contributed by atoms with van der Waals surface area (Å²) in [5, 5.41) is 4.34. The fourth-order valence-electron chi connectivity index (χ4n) is 2.60. The number of carbonyl (C=O) groups is 1. The zero-order valence-electron chi connectivity index (χ0n) is 12.1. The van der Waals surface area contributed by atoms with Crippen LogP contribution in [0.5, 0.6) is 0 Å². The number of benzene rings is 2. The maximum absolute atomic E-state index is 12.1. The molecule has 0 spiro atoms. The molecule has 21 heavy (non-hydrogen) atoms. The van der Waals surface area contributed by atoms with Crippen molar-refractivity contribution in [1.82, 2.24) is 5.43 Å². The lowest BCUT2D eigenvalue weighted by Crippen LogP contribution is -2.22. The lowest BCUT2D eigenvalue weighted by Gasteiger charge is -2.17. The minimum atomic E-state index is -0.162. The van der Waals surface area contributed by atoms with Gasteiger partial charge in [-0.05, 0) is 43.9 Å². The molecule has 1 N–H and O–H groups in total. The molecule has 0 radical (unpaired) electrons. The van der Waals surface area contributed by atoms with Crippen LogP contribution in [0.15, 0.2) is 53.6 Å². The van der Waals surface area contributed by atoms with Gasteiger partial charge in [-0.3, -0.25) is 4.79 Å². The predicted molar refractivity (Wildman–Crippen MR) is 84.6 cm³/mol. The molecule has 0 aliphatic heterocycles. The van der Waals surface area contributed by atoms with Crippen LogP contribution in [-0.4, -0.2) is 11.6 Å². The van der Waals surface area contributed by atoms with E-state index in [0.717, 1.165) is 36.1 Å². The maximum atomic E-state index is 12.1. The fourth-order valence-corrected chi connectivity index (χ4v) is 2.60. The van der Waals surface area contributed by atoms with Crippen molar-refractivity contribution in [3.8, 4) is 0 Å². The second-order valence-corrected chi connectivity index (χ2v) is 5.38. The van der Waals surface area contributed by atoms with Gasteiger partial charge in [0.05, 0.1) is 5.71 Å². The molecule has 0 atom stereocenters. The Morgan fingerprint density at radius 2 is 1.81 bits per heavy atom. The highest BCUT2D eigenvalue weighted by atomic mass is 16.2. The zero-order chi connectivity index (χ0) is 14.7. The molecule has 3 rings (SSSR count). The number of hydrogen-bond acceptors (Lipinski definition) is 2. The molecule has 3 nitrogen and oxygen atoms in total. The molecule has 106 valence electrons. The van der Waals surface area contributed by atoms with Crippen molar-refractivity contribution < 1.29 is 4.79 Å². The van der Waals surface area contributed by atoms with E-state index in [1.165, 1.54) is 5.56 Å². The third-order valence-electron chi connectivity index (χ3n) is 3.79. The van der Waals surface area contributed by atoms with Crippen molar-refractivity contribution in [1.29, 1.82) is 0 Å². The zero-order valence-corrected chi connectivity index (χ0v) is 12.1. The number of rotatable bonds is 2. The first-order valence-electron chi connectivity index (χ1n) is 7.26. The van der Waals surface area contributed by atoms with Crippen LogP contribution in [0.1, 0.15) is 39.9 Å². The van der Waals surface area contributed by atoms with Crippen LogP contribution < -0.4 is 5.43 Å². The first-order valence-corrected chi connectivity index (χ1v) is 7.26. The standard InChI is InChI=1S/C18H18N2O/c1-13-9-11-15(12-10-13)18(21)20-19-17-8-4-6-14-5-2-3-7-16(14)17/h2-3,5,7,9-12H,4,6,8H2,1H3,(H,20,21). The van der Waals surface area contributed by atoms with Gasteiger partial charge in [0.2, 0.25) is 0 Å². The van der Waals surface area contributed by atoms with E-state index in [9.17, 15) is 4.79 Å². The highest BCUT2D eigenvalue weighted by Crippen LogP contribution is 2.21. The third-order valence-corrected chi connectivity index (χ3v) is 3.79. The van der Waals surface area contributed by atoms with Crippen LogP contribution >= 0.6 is 0 Å². The molecule has 0 fully saturated rings. The molecule has 0 bridgehead atoms. The first-order chi connectivity index (χ1) is 10.2. The van der Waals surface area contributed by atoms with Gasteiger partial charge in [0, 0.05) is 11.1 Å². The number of nitrogens with zero attached hydrogens (tertiary/aromatic N) is 1. The van der Waals surface area contributed by atoms with E-state index >= 15 is 0 Å². The Bertz CT molecular complexity index is 687. The summed E-state index contributed by atoms with van der Waals surface area (Å²) in [5.74, 6) is -0.162. The normalized spacial score (nSPS) is 15.6. The van der Waals surface area contributed by atoms with Gasteiger partial charge >= 0.3 is 0 Å². The van der Waals surface area contributed by atoms with Gasteiger partial charge in [-0.2, -0.15) is 5.10 Å². The first kappa shape index (κ1) is 13.6. The topological polar surface area (TPSA) is 41.5 Å². The quantitative estimate of drug-likeness (QED) is 0.840.